The summed E-state index contributed by atoms with van der Waals surface area (Å²) in [4.78, 5) is 28.4. The van der Waals surface area contributed by atoms with Gasteiger partial charge in [-0.1, -0.05) is 29.8 Å². The number of benzene rings is 2. The molecule has 0 radical (unpaired) electrons. The molecule has 1 saturated heterocycles. The van der Waals surface area contributed by atoms with Gasteiger partial charge in [0.1, 0.15) is 11.3 Å². The lowest BCUT2D eigenvalue weighted by molar-refractivity contribution is -0.134. The van der Waals surface area contributed by atoms with Gasteiger partial charge in [0.05, 0.1) is 7.11 Å². The van der Waals surface area contributed by atoms with Crippen molar-refractivity contribution in [3.8, 4) is 5.75 Å². The van der Waals surface area contributed by atoms with Gasteiger partial charge in [0, 0.05) is 36.9 Å². The summed E-state index contributed by atoms with van der Waals surface area (Å²) in [6, 6.07) is 14.4. The van der Waals surface area contributed by atoms with Gasteiger partial charge in [0.2, 0.25) is 0 Å². The average Bonchev–Trinajstić information content (AvgIpc) is 2.71. The first-order valence-corrected chi connectivity index (χ1v) is 9.04. The number of para-hydroxylation sites is 1. The highest BCUT2D eigenvalue weighted by molar-refractivity contribution is 6.30. The largest absolute Gasteiger partial charge is 0.496 e. The number of ether oxygens (including phenoxy) is 2. The zero-order valence-electron chi connectivity index (χ0n) is 15.1. The summed E-state index contributed by atoms with van der Waals surface area (Å²) in [6.07, 6.45) is 0. The number of hydrogen-bond acceptors (Lipinski definition) is 5. The van der Waals surface area contributed by atoms with E-state index in [9.17, 15) is 9.59 Å². The van der Waals surface area contributed by atoms with Crippen LogP contribution in [0.15, 0.2) is 48.5 Å². The number of carbonyl (C=O) groups is 2. The highest BCUT2D eigenvalue weighted by Crippen LogP contribution is 2.21. The molecule has 1 amide bonds. The molecule has 1 heterocycles. The van der Waals surface area contributed by atoms with Crippen LogP contribution in [0.5, 0.6) is 5.75 Å². The standard InChI is InChI=1S/C20H21ClN2O4/c1-26-18-8-3-2-7-17(18)20(25)27-14-19(24)23-11-9-22(10-12-23)16-6-4-5-15(21)13-16/h2-8,13H,9-12,14H2,1H3. The van der Waals surface area contributed by atoms with Crippen LogP contribution in [0.1, 0.15) is 10.4 Å². The molecule has 2 aromatic rings. The Balaban J connectivity index is 1.50. The maximum atomic E-state index is 12.4. The van der Waals surface area contributed by atoms with E-state index in [-0.39, 0.29) is 12.5 Å². The second kappa shape index (κ2) is 8.77. The number of methoxy groups -OCH3 is 1. The highest BCUT2D eigenvalue weighted by Gasteiger charge is 2.23. The molecule has 142 valence electrons. The summed E-state index contributed by atoms with van der Waals surface area (Å²) in [5.41, 5.74) is 1.34. The molecule has 3 rings (SSSR count). The molecule has 0 saturated carbocycles. The predicted molar refractivity (Wildman–Crippen MR) is 104 cm³/mol. The fourth-order valence-corrected chi connectivity index (χ4v) is 3.18. The van der Waals surface area contributed by atoms with Gasteiger partial charge in [-0.15, -0.1) is 0 Å². The smallest absolute Gasteiger partial charge is 0.342 e. The van der Waals surface area contributed by atoms with Crippen LogP contribution >= 0.6 is 11.6 Å². The van der Waals surface area contributed by atoms with Gasteiger partial charge in [-0.25, -0.2) is 4.79 Å². The summed E-state index contributed by atoms with van der Waals surface area (Å²) in [7, 11) is 1.48. The topological polar surface area (TPSA) is 59.1 Å². The third-order valence-corrected chi connectivity index (χ3v) is 4.69. The fourth-order valence-electron chi connectivity index (χ4n) is 3.00. The zero-order valence-corrected chi connectivity index (χ0v) is 15.8. The van der Waals surface area contributed by atoms with Crippen molar-refractivity contribution < 1.29 is 19.1 Å². The number of nitrogens with zero attached hydrogens (tertiary/aromatic N) is 2. The quantitative estimate of drug-likeness (QED) is 0.737. The van der Waals surface area contributed by atoms with E-state index < -0.39 is 5.97 Å². The first-order valence-electron chi connectivity index (χ1n) is 8.67. The average molecular weight is 389 g/mol. The Kier molecular flexibility index (Phi) is 6.19. The summed E-state index contributed by atoms with van der Waals surface area (Å²) < 4.78 is 10.3. The van der Waals surface area contributed by atoms with Crippen molar-refractivity contribution in [3.05, 3.63) is 59.1 Å². The van der Waals surface area contributed by atoms with Gasteiger partial charge in [0.15, 0.2) is 6.61 Å². The molecule has 2 aromatic carbocycles. The molecule has 0 spiro atoms. The van der Waals surface area contributed by atoms with Gasteiger partial charge < -0.3 is 19.3 Å². The molecule has 1 aliphatic heterocycles. The van der Waals surface area contributed by atoms with Crippen LogP contribution in [-0.4, -0.2) is 56.7 Å². The van der Waals surface area contributed by atoms with Crippen LogP contribution in [0.4, 0.5) is 5.69 Å². The van der Waals surface area contributed by atoms with Crippen LogP contribution in [0.3, 0.4) is 0 Å². The van der Waals surface area contributed by atoms with Crippen LogP contribution in [0.2, 0.25) is 5.02 Å². The first-order chi connectivity index (χ1) is 13.1. The predicted octanol–water partition coefficient (Wildman–Crippen LogP) is 2.85. The van der Waals surface area contributed by atoms with Crippen molar-refractivity contribution in [2.24, 2.45) is 0 Å². The van der Waals surface area contributed by atoms with Crippen LogP contribution in [-0.2, 0) is 9.53 Å². The Labute approximate surface area is 163 Å². The van der Waals surface area contributed by atoms with E-state index in [1.165, 1.54) is 7.11 Å². The normalized spacial score (nSPS) is 14.0. The SMILES string of the molecule is COc1ccccc1C(=O)OCC(=O)N1CCN(c2cccc(Cl)c2)CC1. The lowest BCUT2D eigenvalue weighted by Crippen LogP contribution is -2.49. The molecular weight excluding hydrogens is 368 g/mol. The Morgan fingerprint density at radius 3 is 2.48 bits per heavy atom. The van der Waals surface area contributed by atoms with E-state index in [1.807, 2.05) is 24.3 Å². The molecule has 27 heavy (non-hydrogen) atoms. The first kappa shape index (κ1) is 19.0. The molecule has 0 atom stereocenters. The fraction of sp³-hybridized carbons (Fsp3) is 0.300. The number of anilines is 1. The van der Waals surface area contributed by atoms with Crippen molar-refractivity contribution in [3.63, 3.8) is 0 Å². The highest BCUT2D eigenvalue weighted by atomic mass is 35.5. The minimum atomic E-state index is -0.571. The summed E-state index contributed by atoms with van der Waals surface area (Å²) in [5, 5.41) is 0.689. The van der Waals surface area contributed by atoms with E-state index in [0.29, 0.717) is 42.5 Å². The lowest BCUT2D eigenvalue weighted by atomic mass is 10.2. The van der Waals surface area contributed by atoms with Crippen molar-refractivity contribution in [1.29, 1.82) is 0 Å². The molecule has 6 nitrogen and oxygen atoms in total. The van der Waals surface area contributed by atoms with Crippen LogP contribution in [0.25, 0.3) is 0 Å². The van der Waals surface area contributed by atoms with E-state index in [4.69, 9.17) is 21.1 Å². The number of halogens is 1. The van der Waals surface area contributed by atoms with Gasteiger partial charge in [-0.2, -0.15) is 0 Å². The second-order valence-corrected chi connectivity index (χ2v) is 6.56. The molecule has 0 bridgehead atoms. The third kappa shape index (κ3) is 4.71. The molecule has 0 unspecified atom stereocenters. The Morgan fingerprint density at radius 2 is 1.78 bits per heavy atom. The second-order valence-electron chi connectivity index (χ2n) is 6.12. The van der Waals surface area contributed by atoms with E-state index in [2.05, 4.69) is 4.90 Å². The molecule has 0 aromatic heterocycles. The van der Waals surface area contributed by atoms with Gasteiger partial charge in [-0.3, -0.25) is 4.79 Å². The molecule has 7 heteroatoms. The molecule has 0 aliphatic carbocycles. The Hall–Kier alpha value is -2.73. The Bertz CT molecular complexity index is 819. The number of carbonyl (C=O) groups excluding carboxylic acids is 2. The molecule has 0 N–H and O–H groups in total. The van der Waals surface area contributed by atoms with E-state index in [1.54, 1.807) is 29.2 Å². The third-order valence-electron chi connectivity index (χ3n) is 4.46. The van der Waals surface area contributed by atoms with Gasteiger partial charge in [-0.05, 0) is 30.3 Å². The number of esters is 1. The van der Waals surface area contributed by atoms with Crippen molar-refractivity contribution >= 4 is 29.2 Å². The zero-order chi connectivity index (χ0) is 19.2. The monoisotopic (exact) mass is 388 g/mol. The van der Waals surface area contributed by atoms with Crippen LogP contribution < -0.4 is 9.64 Å². The molecule has 1 aliphatic rings. The minimum absolute atomic E-state index is 0.205. The molecule has 1 fully saturated rings. The number of amides is 1. The summed E-state index contributed by atoms with van der Waals surface area (Å²) in [6.45, 7) is 2.25. The molecular formula is C20H21ClN2O4. The number of rotatable bonds is 5. The van der Waals surface area contributed by atoms with Crippen molar-refractivity contribution in [2.75, 3.05) is 44.8 Å². The number of piperazine rings is 1. The Morgan fingerprint density at radius 1 is 1.04 bits per heavy atom. The van der Waals surface area contributed by atoms with E-state index in [0.717, 1.165) is 5.69 Å². The number of hydrogen-bond donors (Lipinski definition) is 0. The maximum absolute atomic E-state index is 12.4. The van der Waals surface area contributed by atoms with E-state index >= 15 is 0 Å². The van der Waals surface area contributed by atoms with Crippen molar-refractivity contribution in [1.82, 2.24) is 4.90 Å². The van der Waals surface area contributed by atoms with Crippen molar-refractivity contribution in [2.45, 2.75) is 0 Å². The van der Waals surface area contributed by atoms with Crippen LogP contribution in [0, 0.1) is 0 Å². The summed E-state index contributed by atoms with van der Waals surface area (Å²) in [5.74, 6) is -0.354. The summed E-state index contributed by atoms with van der Waals surface area (Å²) >= 11 is 6.04. The van der Waals surface area contributed by atoms with Gasteiger partial charge in [0.25, 0.3) is 5.91 Å². The minimum Gasteiger partial charge on any atom is -0.496 e. The maximum Gasteiger partial charge on any atom is 0.342 e. The lowest BCUT2D eigenvalue weighted by Gasteiger charge is -2.36. The van der Waals surface area contributed by atoms with Gasteiger partial charge >= 0.3 is 5.97 Å².